The Bertz CT molecular complexity index is 423. The quantitative estimate of drug-likeness (QED) is 0.622. The van der Waals surface area contributed by atoms with Gasteiger partial charge in [0.15, 0.2) is 0 Å². The average molecular weight is 380 g/mol. The van der Waals surface area contributed by atoms with Crippen LogP contribution in [-0.2, 0) is 24.6 Å². The Labute approximate surface area is 107 Å². The molecule has 1 atom stereocenters. The van der Waals surface area contributed by atoms with Crippen molar-refractivity contribution in [2.24, 2.45) is 5.41 Å². The van der Waals surface area contributed by atoms with E-state index in [0.29, 0.717) is 8.59 Å². The van der Waals surface area contributed by atoms with Gasteiger partial charge in [-0.25, -0.2) is 0 Å². The number of rotatable bonds is 1. The molecule has 0 N–H and O–H groups in total. The molecule has 0 saturated heterocycles. The molecular formula is C15H21Hf. The molecule has 1 unspecified atom stereocenters. The van der Waals surface area contributed by atoms with Crippen LogP contribution in [0.1, 0.15) is 31.9 Å². The van der Waals surface area contributed by atoms with Crippen LogP contribution >= 0.6 is 0 Å². The Kier molecular flexibility index (Phi) is 3.03. The van der Waals surface area contributed by atoms with Gasteiger partial charge in [0.25, 0.3) is 0 Å². The summed E-state index contributed by atoms with van der Waals surface area (Å²) in [4.78, 5) is 0. The zero-order chi connectivity index (χ0) is 12.0. The summed E-state index contributed by atoms with van der Waals surface area (Å²) in [5.41, 5.74) is 3.39. The van der Waals surface area contributed by atoms with Gasteiger partial charge in [0.1, 0.15) is 0 Å². The molecule has 0 amide bonds. The molecule has 0 aromatic heterocycles. The summed E-state index contributed by atoms with van der Waals surface area (Å²) >= 11 is -1.57. The summed E-state index contributed by atoms with van der Waals surface area (Å²) in [7, 11) is 0. The molecule has 0 bridgehead atoms. The summed E-state index contributed by atoms with van der Waals surface area (Å²) in [6, 6.07) is 8.95. The third-order valence-electron chi connectivity index (χ3n) is 3.87. The van der Waals surface area contributed by atoms with Crippen LogP contribution in [0.3, 0.4) is 0 Å². The van der Waals surface area contributed by atoms with E-state index in [9.17, 15) is 0 Å². The molecule has 1 aromatic rings. The van der Waals surface area contributed by atoms with Gasteiger partial charge in [-0.1, -0.05) is 0 Å². The molecule has 1 aliphatic rings. The van der Waals surface area contributed by atoms with Crippen molar-refractivity contribution in [1.82, 2.24) is 0 Å². The minimum atomic E-state index is -1.57. The molecule has 1 heteroatoms. The summed E-state index contributed by atoms with van der Waals surface area (Å²) < 4.78 is 5.49. The SMILES string of the molecule is [CH3][Hf]([CH3])[C]1(C(C)(C)C)C=Cc2ccccc21. The first-order valence-corrected chi connectivity index (χ1v) is 15.0. The van der Waals surface area contributed by atoms with E-state index < -0.39 is 21.4 Å². The summed E-state index contributed by atoms with van der Waals surface area (Å²) in [6.45, 7) is 7.20. The maximum atomic E-state index is 2.54. The average Bonchev–Trinajstić information content (AvgIpc) is 2.56. The van der Waals surface area contributed by atoms with E-state index in [1.807, 2.05) is 0 Å². The fourth-order valence-corrected chi connectivity index (χ4v) is 12.8. The zero-order valence-corrected chi connectivity index (χ0v) is 14.6. The van der Waals surface area contributed by atoms with Gasteiger partial charge in [-0.05, 0) is 0 Å². The maximum absolute atomic E-state index is 2.54. The minimum absolute atomic E-state index is 0.349. The number of benzene rings is 1. The van der Waals surface area contributed by atoms with Crippen molar-refractivity contribution < 1.29 is 21.4 Å². The summed E-state index contributed by atoms with van der Waals surface area (Å²) in [5.74, 6) is 0. The van der Waals surface area contributed by atoms with E-state index in [0.717, 1.165) is 0 Å². The van der Waals surface area contributed by atoms with Gasteiger partial charge in [0.05, 0.1) is 0 Å². The van der Waals surface area contributed by atoms with Gasteiger partial charge in [0.2, 0.25) is 0 Å². The van der Waals surface area contributed by atoms with Crippen LogP contribution in [0.5, 0.6) is 0 Å². The van der Waals surface area contributed by atoms with Crippen molar-refractivity contribution in [2.75, 3.05) is 0 Å². The number of fused-ring (bicyclic) bond motifs is 1. The molecule has 1 aliphatic carbocycles. The Morgan fingerprint density at radius 2 is 1.69 bits per heavy atom. The first-order chi connectivity index (χ1) is 7.39. The van der Waals surface area contributed by atoms with Crippen molar-refractivity contribution in [2.45, 2.75) is 33.3 Å². The second-order valence-corrected chi connectivity index (χ2v) is 16.0. The van der Waals surface area contributed by atoms with Gasteiger partial charge < -0.3 is 0 Å². The first-order valence-electron chi connectivity index (χ1n) is 5.99. The van der Waals surface area contributed by atoms with Crippen molar-refractivity contribution in [3.05, 3.63) is 41.5 Å². The van der Waals surface area contributed by atoms with Crippen molar-refractivity contribution >= 4 is 6.08 Å². The second kappa shape index (κ2) is 3.94. The number of hydrogen-bond acceptors (Lipinski definition) is 0. The molecule has 2 rings (SSSR count). The van der Waals surface area contributed by atoms with Crippen LogP contribution in [0.2, 0.25) is 9.36 Å². The molecule has 0 heterocycles. The Morgan fingerprint density at radius 3 is 2.25 bits per heavy atom. The topological polar surface area (TPSA) is 0 Å². The standard InChI is InChI=1S/C13H15.2CH3.Hf/c1-13(2,3)12-9-8-10-6-4-5-7-11(10)12;;;/h4-9H,1-3H3;2*1H3;. The fraction of sp³-hybridized carbons (Fsp3) is 0.467. The van der Waals surface area contributed by atoms with Gasteiger partial charge in [-0.15, -0.1) is 0 Å². The fourth-order valence-electron chi connectivity index (χ4n) is 3.15. The first kappa shape index (κ1) is 12.3. The Morgan fingerprint density at radius 1 is 1.06 bits per heavy atom. The number of hydrogen-bond donors (Lipinski definition) is 0. The molecule has 0 nitrogen and oxygen atoms in total. The molecule has 0 fully saturated rings. The van der Waals surface area contributed by atoms with Crippen LogP contribution in [-0.4, -0.2) is 0 Å². The second-order valence-electron chi connectivity index (χ2n) is 5.98. The van der Waals surface area contributed by atoms with Crippen LogP contribution in [0.15, 0.2) is 30.3 Å². The molecule has 0 spiro atoms. The van der Waals surface area contributed by atoms with Crippen LogP contribution in [0.25, 0.3) is 6.08 Å². The van der Waals surface area contributed by atoms with Crippen LogP contribution < -0.4 is 0 Å². The molecular weight excluding hydrogens is 359 g/mol. The zero-order valence-electron chi connectivity index (χ0n) is 11.0. The normalized spacial score (nSPS) is 23.3. The Balaban J connectivity index is 2.66. The summed E-state index contributed by atoms with van der Waals surface area (Å²) in [5, 5.41) is 0. The van der Waals surface area contributed by atoms with E-state index in [4.69, 9.17) is 0 Å². The Hall–Kier alpha value is -0.170. The predicted octanol–water partition coefficient (Wildman–Crippen LogP) is 4.67. The van der Waals surface area contributed by atoms with Crippen molar-refractivity contribution in [1.29, 1.82) is 0 Å². The molecule has 0 saturated carbocycles. The summed E-state index contributed by atoms with van der Waals surface area (Å²) in [6.07, 6.45) is 4.86. The molecule has 85 valence electrons. The predicted molar refractivity (Wildman–Crippen MR) is 68.3 cm³/mol. The molecule has 0 radical (unpaired) electrons. The van der Waals surface area contributed by atoms with Crippen LogP contribution in [0.4, 0.5) is 0 Å². The van der Waals surface area contributed by atoms with E-state index in [-0.39, 0.29) is 0 Å². The van der Waals surface area contributed by atoms with E-state index in [1.165, 1.54) is 5.56 Å². The molecule has 0 aliphatic heterocycles. The van der Waals surface area contributed by atoms with Crippen molar-refractivity contribution in [3.63, 3.8) is 0 Å². The molecule has 1 aromatic carbocycles. The van der Waals surface area contributed by atoms with Gasteiger partial charge >= 0.3 is 108 Å². The van der Waals surface area contributed by atoms with E-state index in [1.54, 1.807) is 5.56 Å². The van der Waals surface area contributed by atoms with Gasteiger partial charge in [-0.2, -0.15) is 0 Å². The van der Waals surface area contributed by atoms with Gasteiger partial charge in [0, 0.05) is 0 Å². The monoisotopic (exact) mass is 381 g/mol. The number of allylic oxidation sites excluding steroid dienone is 1. The third-order valence-corrected chi connectivity index (χ3v) is 13.8. The van der Waals surface area contributed by atoms with Crippen molar-refractivity contribution in [3.8, 4) is 0 Å². The van der Waals surface area contributed by atoms with E-state index in [2.05, 4.69) is 66.5 Å². The van der Waals surface area contributed by atoms with Crippen LogP contribution in [0, 0.1) is 5.41 Å². The third kappa shape index (κ3) is 1.59. The molecule has 16 heavy (non-hydrogen) atoms. The van der Waals surface area contributed by atoms with E-state index >= 15 is 0 Å². The van der Waals surface area contributed by atoms with Gasteiger partial charge in [-0.3, -0.25) is 0 Å².